The maximum atomic E-state index is 8.82. The first kappa shape index (κ1) is 16.1. The molecule has 0 heterocycles. The molecule has 1 rings (SSSR count). The molecule has 3 heteroatoms. The molecule has 0 bridgehead atoms. The van der Waals surface area contributed by atoms with Crippen molar-refractivity contribution in [3.05, 3.63) is 29.8 Å². The number of unbranched alkanes of at least 4 members (excludes halogenated alkanes) is 1. The summed E-state index contributed by atoms with van der Waals surface area (Å²) in [5, 5.41) is 8.82. The molecule has 2 N–H and O–H groups in total. The van der Waals surface area contributed by atoms with Crippen LogP contribution in [0.25, 0.3) is 0 Å². The summed E-state index contributed by atoms with van der Waals surface area (Å²) in [6.45, 7) is 6.22. The van der Waals surface area contributed by atoms with Crippen LogP contribution in [0.15, 0.2) is 29.2 Å². The average molecular weight is 276 g/mol. The molecule has 0 fully saturated rings. The minimum Gasteiger partial charge on any atom is -0.314 e. The van der Waals surface area contributed by atoms with E-state index in [0.717, 1.165) is 25.0 Å². The van der Waals surface area contributed by atoms with Crippen LogP contribution in [0.5, 0.6) is 0 Å². The third-order valence-electron chi connectivity index (χ3n) is 3.16. The first-order chi connectivity index (χ1) is 8.94. The predicted molar refractivity (Wildman–Crippen MR) is 83.3 cm³/mol. The molecule has 0 saturated heterocycles. The lowest BCUT2D eigenvalue weighted by atomic mass is 9.99. The number of hydrogen-bond acceptors (Lipinski definition) is 3. The number of hydrogen-bond donors (Lipinski definition) is 1. The van der Waals surface area contributed by atoms with Crippen LogP contribution < -0.4 is 5.73 Å². The molecule has 19 heavy (non-hydrogen) atoms. The zero-order valence-electron chi connectivity index (χ0n) is 12.1. The van der Waals surface area contributed by atoms with E-state index >= 15 is 0 Å². The molecule has 1 aromatic rings. The first-order valence-electron chi connectivity index (χ1n) is 6.87. The summed E-state index contributed by atoms with van der Waals surface area (Å²) in [6.07, 6.45) is 2.89. The van der Waals surface area contributed by atoms with Gasteiger partial charge in [0.25, 0.3) is 0 Å². The monoisotopic (exact) mass is 276 g/mol. The maximum absolute atomic E-state index is 8.82. The smallest absolute Gasteiger partial charge is 0.101 e. The second-order valence-corrected chi connectivity index (χ2v) is 6.73. The fraction of sp³-hybridized carbons (Fsp3) is 0.562. The molecular weight excluding hydrogens is 252 g/mol. The summed E-state index contributed by atoms with van der Waals surface area (Å²) in [4.78, 5) is 1.32. The number of nitrogens with zero attached hydrogens (tertiary/aromatic N) is 1. The molecule has 0 aromatic heterocycles. The lowest BCUT2D eigenvalue weighted by Gasteiger charge is -2.14. The van der Waals surface area contributed by atoms with Gasteiger partial charge in [0.15, 0.2) is 0 Å². The van der Waals surface area contributed by atoms with Crippen molar-refractivity contribution in [2.45, 2.75) is 56.4 Å². The fourth-order valence-corrected chi connectivity index (χ4v) is 2.70. The van der Waals surface area contributed by atoms with Crippen molar-refractivity contribution < 1.29 is 0 Å². The van der Waals surface area contributed by atoms with Crippen molar-refractivity contribution in [1.82, 2.24) is 0 Å². The van der Waals surface area contributed by atoms with E-state index in [1.54, 1.807) is 6.92 Å². The van der Waals surface area contributed by atoms with Gasteiger partial charge in [0.2, 0.25) is 0 Å². The van der Waals surface area contributed by atoms with E-state index in [1.807, 2.05) is 11.8 Å². The van der Waals surface area contributed by atoms with Crippen LogP contribution in [-0.2, 0) is 0 Å². The Labute approximate surface area is 121 Å². The molecule has 0 aliphatic heterocycles. The van der Waals surface area contributed by atoms with Crippen LogP contribution in [0.2, 0.25) is 0 Å². The van der Waals surface area contributed by atoms with Gasteiger partial charge in [-0.25, -0.2) is 0 Å². The lowest BCUT2D eigenvalue weighted by molar-refractivity contribution is 0.519. The predicted octanol–water partition coefficient (Wildman–Crippen LogP) is 4.31. The minimum absolute atomic E-state index is 0.590. The van der Waals surface area contributed by atoms with Crippen LogP contribution >= 0.6 is 11.8 Å². The van der Waals surface area contributed by atoms with Gasteiger partial charge >= 0.3 is 0 Å². The fourth-order valence-electron chi connectivity index (χ4n) is 1.79. The SMILES string of the molecule is CC(C)c1ccc(SCCCCC(C)(N)C#N)cc1. The topological polar surface area (TPSA) is 49.8 Å². The highest BCUT2D eigenvalue weighted by atomic mass is 32.2. The van der Waals surface area contributed by atoms with E-state index < -0.39 is 5.54 Å². The van der Waals surface area contributed by atoms with Gasteiger partial charge < -0.3 is 5.73 Å². The van der Waals surface area contributed by atoms with Crippen molar-refractivity contribution in [2.24, 2.45) is 5.73 Å². The number of nitriles is 1. The molecule has 0 aliphatic rings. The van der Waals surface area contributed by atoms with Crippen molar-refractivity contribution in [2.75, 3.05) is 5.75 Å². The minimum atomic E-state index is -0.663. The Balaban J connectivity index is 2.25. The maximum Gasteiger partial charge on any atom is 0.101 e. The molecule has 1 atom stereocenters. The summed E-state index contributed by atoms with van der Waals surface area (Å²) < 4.78 is 0. The van der Waals surface area contributed by atoms with Gasteiger partial charge in [-0.1, -0.05) is 26.0 Å². The zero-order chi connectivity index (χ0) is 14.3. The normalized spacial score (nSPS) is 14.1. The van der Waals surface area contributed by atoms with E-state index in [4.69, 9.17) is 11.0 Å². The summed E-state index contributed by atoms with van der Waals surface area (Å²) in [5.74, 6) is 1.68. The number of benzene rings is 1. The second kappa shape index (κ2) is 7.57. The summed E-state index contributed by atoms with van der Waals surface area (Å²) in [6, 6.07) is 10.9. The van der Waals surface area contributed by atoms with E-state index in [9.17, 15) is 0 Å². The van der Waals surface area contributed by atoms with E-state index in [1.165, 1.54) is 10.5 Å². The van der Waals surface area contributed by atoms with Crippen LogP contribution in [-0.4, -0.2) is 11.3 Å². The lowest BCUT2D eigenvalue weighted by Crippen LogP contribution is -2.33. The Morgan fingerprint density at radius 3 is 2.42 bits per heavy atom. The van der Waals surface area contributed by atoms with Gasteiger partial charge in [0.05, 0.1) is 6.07 Å². The highest BCUT2D eigenvalue weighted by Crippen LogP contribution is 2.23. The number of nitrogens with two attached hydrogens (primary N) is 1. The van der Waals surface area contributed by atoms with Crippen LogP contribution in [0.4, 0.5) is 0 Å². The van der Waals surface area contributed by atoms with Gasteiger partial charge in [-0.05, 0) is 55.6 Å². The highest BCUT2D eigenvalue weighted by Gasteiger charge is 2.15. The largest absolute Gasteiger partial charge is 0.314 e. The Morgan fingerprint density at radius 1 is 1.26 bits per heavy atom. The van der Waals surface area contributed by atoms with Crippen molar-refractivity contribution in [3.8, 4) is 6.07 Å². The van der Waals surface area contributed by atoms with Crippen LogP contribution in [0.3, 0.4) is 0 Å². The third-order valence-corrected chi connectivity index (χ3v) is 4.26. The number of thioether (sulfide) groups is 1. The molecule has 0 amide bonds. The highest BCUT2D eigenvalue weighted by molar-refractivity contribution is 7.99. The molecule has 104 valence electrons. The Bertz CT molecular complexity index is 415. The summed E-state index contributed by atoms with van der Waals surface area (Å²) >= 11 is 1.88. The van der Waals surface area contributed by atoms with Crippen LogP contribution in [0, 0.1) is 11.3 Å². The Hall–Kier alpha value is -0.980. The second-order valence-electron chi connectivity index (χ2n) is 5.56. The van der Waals surface area contributed by atoms with Gasteiger partial charge in [-0.15, -0.1) is 11.8 Å². The standard InChI is InChI=1S/C16H24N2S/c1-13(2)14-6-8-15(9-7-14)19-11-5-4-10-16(3,18)12-17/h6-9,13H,4-5,10-11,18H2,1-3H3. The molecule has 0 spiro atoms. The van der Waals surface area contributed by atoms with Crippen molar-refractivity contribution in [1.29, 1.82) is 5.26 Å². The van der Waals surface area contributed by atoms with Gasteiger partial charge in [0, 0.05) is 4.90 Å². The first-order valence-corrected chi connectivity index (χ1v) is 7.86. The molecule has 2 nitrogen and oxygen atoms in total. The molecule has 0 saturated carbocycles. The van der Waals surface area contributed by atoms with Gasteiger partial charge in [0.1, 0.15) is 5.54 Å². The van der Waals surface area contributed by atoms with Gasteiger partial charge in [-0.3, -0.25) is 0 Å². The average Bonchev–Trinajstić information content (AvgIpc) is 2.39. The van der Waals surface area contributed by atoms with Gasteiger partial charge in [-0.2, -0.15) is 5.26 Å². The molecular formula is C16H24N2S. The molecule has 0 radical (unpaired) electrons. The number of rotatable bonds is 7. The Kier molecular flexibility index (Phi) is 6.41. The van der Waals surface area contributed by atoms with E-state index in [-0.39, 0.29) is 0 Å². The molecule has 0 aliphatic carbocycles. The van der Waals surface area contributed by atoms with Crippen LogP contribution in [0.1, 0.15) is 51.5 Å². The molecule has 1 aromatic carbocycles. The third kappa shape index (κ3) is 6.13. The van der Waals surface area contributed by atoms with E-state index in [2.05, 4.69) is 44.2 Å². The van der Waals surface area contributed by atoms with E-state index in [0.29, 0.717) is 5.92 Å². The Morgan fingerprint density at radius 2 is 1.89 bits per heavy atom. The quantitative estimate of drug-likeness (QED) is 0.596. The summed E-state index contributed by atoms with van der Waals surface area (Å²) in [5.41, 5.74) is 6.51. The van der Waals surface area contributed by atoms with Crippen molar-refractivity contribution in [3.63, 3.8) is 0 Å². The molecule has 1 unspecified atom stereocenters. The summed E-state index contributed by atoms with van der Waals surface area (Å²) in [7, 11) is 0. The van der Waals surface area contributed by atoms with Crippen molar-refractivity contribution >= 4 is 11.8 Å². The zero-order valence-corrected chi connectivity index (χ0v) is 13.0.